The number of phosphoric ester groups is 2. The Labute approximate surface area is 686 Å². The standard InChI is InChI=1S/C95H154O16P2/c1-4-7-10-13-16-19-22-25-28-31-34-36-38-40-42-43-44-45-47-49-50-52-55-57-60-63-66-69-72-75-78-81-93(98)105-84-90(96)85-107-112(101,102)108-86-91(97)87-109-113(103,104)110-89-92(111-95(100)83-80-77-74-71-68-65-62-59-54-33-30-27-24-21-18-15-12-9-6-3)88-106-94(99)82-79-76-73-70-67-64-61-58-56-53-51-48-46-41-39-37-35-32-29-26-23-20-17-14-11-8-5-2/h7-12,16-21,25-30,34-37,40-42,46,51,53-54,59,65,68,74,77,90-92,96-97H,4-6,13-15,22-24,31-33,38-39,43-45,47-50,52,55-58,60-64,66-67,69-73,75-76,78-89H2,1-3H3,(H,101,102)(H,103,104)/b10-7-,11-8-,12-9-,19-16-,20-17-,21-18-,28-25-,29-26-,30-27-,36-34-,37-35-,42-40-,46-41-,53-51-,59-54-,68-65-,77-74-. The second kappa shape index (κ2) is 85.5. The minimum Gasteiger partial charge on any atom is -0.463 e. The van der Waals surface area contributed by atoms with Crippen molar-refractivity contribution in [2.24, 2.45) is 0 Å². The van der Waals surface area contributed by atoms with Crippen molar-refractivity contribution < 1.29 is 75.8 Å². The number of esters is 3. The molecule has 0 radical (unpaired) electrons. The summed E-state index contributed by atoms with van der Waals surface area (Å²) in [6, 6.07) is 0. The molecule has 0 saturated heterocycles. The van der Waals surface area contributed by atoms with Gasteiger partial charge in [-0.05, 0) is 154 Å². The summed E-state index contributed by atoms with van der Waals surface area (Å²) >= 11 is 0. The van der Waals surface area contributed by atoms with E-state index in [0.29, 0.717) is 25.7 Å². The highest BCUT2D eigenvalue weighted by atomic mass is 31.2. The topological polar surface area (TPSA) is 231 Å². The first-order valence-corrected chi connectivity index (χ1v) is 46.4. The van der Waals surface area contributed by atoms with Crippen LogP contribution in [0.25, 0.3) is 0 Å². The van der Waals surface area contributed by atoms with Crippen LogP contribution in [0.5, 0.6) is 0 Å². The van der Waals surface area contributed by atoms with Gasteiger partial charge in [0.1, 0.15) is 25.4 Å². The molecule has 0 fully saturated rings. The van der Waals surface area contributed by atoms with E-state index >= 15 is 0 Å². The lowest BCUT2D eigenvalue weighted by atomic mass is 10.0. The SMILES string of the molecule is CC/C=C\C/C=C\C/C=C\C/C=C\C/C=C\C/C=C\CCCCCCCCCCC(=O)OCC(COP(=O)(O)OCC(O)COP(=O)(O)OCC(O)COC(=O)CCCCCCCCCCCCCCCCC/C=C\C/C=C\C/C=C\C/C=C\C/C=C\CC)OC(=O)CC/C=C\C/C=C\C/C=C\C/C=C\C/C=C\C/C=C\CC. The van der Waals surface area contributed by atoms with E-state index in [-0.39, 0.29) is 19.3 Å². The first-order valence-electron chi connectivity index (χ1n) is 43.4. The Morgan fingerprint density at radius 3 is 0.735 bits per heavy atom. The van der Waals surface area contributed by atoms with Gasteiger partial charge in [-0.15, -0.1) is 0 Å². The van der Waals surface area contributed by atoms with Gasteiger partial charge in [0.25, 0.3) is 0 Å². The van der Waals surface area contributed by atoms with Gasteiger partial charge >= 0.3 is 33.6 Å². The average Bonchev–Trinajstić information content (AvgIpc) is 0.901. The summed E-state index contributed by atoms with van der Waals surface area (Å²) < 4.78 is 61.2. The van der Waals surface area contributed by atoms with E-state index in [0.717, 1.165) is 167 Å². The van der Waals surface area contributed by atoms with Crippen LogP contribution in [0.1, 0.15) is 316 Å². The highest BCUT2D eigenvalue weighted by Crippen LogP contribution is 2.45. The smallest absolute Gasteiger partial charge is 0.463 e. The zero-order chi connectivity index (χ0) is 82.2. The van der Waals surface area contributed by atoms with Crippen LogP contribution < -0.4 is 0 Å². The summed E-state index contributed by atoms with van der Waals surface area (Å²) in [5, 5.41) is 20.7. The van der Waals surface area contributed by atoms with E-state index in [9.17, 15) is 43.5 Å². The summed E-state index contributed by atoms with van der Waals surface area (Å²) in [5.74, 6) is -1.69. The van der Waals surface area contributed by atoms with Crippen LogP contribution >= 0.6 is 15.6 Å². The number of hydrogen-bond acceptors (Lipinski definition) is 14. The number of ether oxygens (including phenoxy) is 3. The average molecular weight is 1610 g/mol. The number of unbranched alkanes of at least 4 members (excludes halogenated alkanes) is 23. The van der Waals surface area contributed by atoms with Crippen LogP contribution in [0.2, 0.25) is 0 Å². The summed E-state index contributed by atoms with van der Waals surface area (Å²) in [5.41, 5.74) is 0. The lowest BCUT2D eigenvalue weighted by Crippen LogP contribution is -2.29. The molecule has 0 heterocycles. The van der Waals surface area contributed by atoms with Crippen molar-refractivity contribution in [1.29, 1.82) is 0 Å². The third-order valence-corrected chi connectivity index (χ3v) is 19.4. The van der Waals surface area contributed by atoms with E-state index in [2.05, 4.69) is 209 Å². The fourth-order valence-electron chi connectivity index (χ4n) is 11.0. The van der Waals surface area contributed by atoms with E-state index < -0.39 is 91.5 Å². The van der Waals surface area contributed by atoms with Gasteiger partial charge in [-0.25, -0.2) is 9.13 Å². The van der Waals surface area contributed by atoms with Crippen LogP contribution in [0.15, 0.2) is 207 Å². The number of hydrogen-bond donors (Lipinski definition) is 4. The van der Waals surface area contributed by atoms with E-state index in [1.807, 2.05) is 18.2 Å². The second-order valence-corrected chi connectivity index (χ2v) is 31.1. The van der Waals surface area contributed by atoms with Crippen molar-refractivity contribution in [3.8, 4) is 0 Å². The molecule has 18 heteroatoms. The molecule has 0 amide bonds. The summed E-state index contributed by atoms with van der Waals surface area (Å²) in [4.78, 5) is 58.8. The molecule has 0 aromatic carbocycles. The molecule has 5 unspecified atom stereocenters. The molecule has 0 spiro atoms. The van der Waals surface area contributed by atoms with Gasteiger partial charge in [-0.1, -0.05) is 349 Å². The lowest BCUT2D eigenvalue weighted by molar-refractivity contribution is -0.161. The molecule has 0 saturated carbocycles. The normalized spacial score (nSPS) is 14.9. The van der Waals surface area contributed by atoms with Crippen molar-refractivity contribution in [2.45, 2.75) is 334 Å². The molecule has 0 aliphatic heterocycles. The minimum absolute atomic E-state index is 0.0303. The zero-order valence-corrected chi connectivity index (χ0v) is 72.0. The van der Waals surface area contributed by atoms with Crippen molar-refractivity contribution >= 4 is 33.6 Å². The Kier molecular flexibility index (Phi) is 81.1. The van der Waals surface area contributed by atoms with Crippen molar-refractivity contribution in [3.05, 3.63) is 207 Å². The van der Waals surface area contributed by atoms with Crippen LogP contribution in [-0.2, 0) is 55.8 Å². The molecule has 0 aliphatic rings. The van der Waals surface area contributed by atoms with E-state index in [1.165, 1.54) is 83.5 Å². The molecule has 0 aliphatic carbocycles. The molecule has 16 nitrogen and oxygen atoms in total. The van der Waals surface area contributed by atoms with Gasteiger partial charge in [0.05, 0.1) is 26.4 Å². The van der Waals surface area contributed by atoms with Gasteiger partial charge in [-0.3, -0.25) is 32.5 Å². The van der Waals surface area contributed by atoms with Crippen LogP contribution in [0.3, 0.4) is 0 Å². The van der Waals surface area contributed by atoms with Gasteiger partial charge in [0.2, 0.25) is 0 Å². The molecule has 4 N–H and O–H groups in total. The third-order valence-electron chi connectivity index (χ3n) is 17.5. The Hall–Kier alpha value is -5.87. The van der Waals surface area contributed by atoms with Crippen LogP contribution in [0.4, 0.5) is 0 Å². The second-order valence-electron chi connectivity index (χ2n) is 28.2. The molecular formula is C95H154O16P2. The monoisotopic (exact) mass is 1610 g/mol. The maximum absolute atomic E-state index is 13.0. The van der Waals surface area contributed by atoms with Gasteiger partial charge in [0, 0.05) is 19.3 Å². The molecule has 640 valence electrons. The Morgan fingerprint density at radius 2 is 0.460 bits per heavy atom. The van der Waals surface area contributed by atoms with Gasteiger partial charge < -0.3 is 34.2 Å². The fourth-order valence-corrected chi connectivity index (χ4v) is 12.6. The molecule has 0 aromatic heterocycles. The van der Waals surface area contributed by atoms with Gasteiger partial charge in [0.15, 0.2) is 6.10 Å². The summed E-state index contributed by atoms with van der Waals surface area (Å²) in [7, 11) is -9.84. The first kappa shape index (κ1) is 107. The first-order chi connectivity index (χ1) is 55.2. The van der Waals surface area contributed by atoms with Gasteiger partial charge in [-0.2, -0.15) is 0 Å². The summed E-state index contributed by atoms with van der Waals surface area (Å²) in [6.07, 6.45) is 115. The zero-order valence-electron chi connectivity index (χ0n) is 70.2. The Bertz CT molecular complexity index is 2880. The molecular weight excluding hydrogens is 1460 g/mol. The number of aliphatic hydroxyl groups is 2. The van der Waals surface area contributed by atoms with Crippen molar-refractivity contribution in [1.82, 2.24) is 0 Å². The molecule has 5 atom stereocenters. The number of carbonyl (C=O) groups is 3. The van der Waals surface area contributed by atoms with Crippen LogP contribution in [0, 0.1) is 0 Å². The predicted octanol–water partition coefficient (Wildman–Crippen LogP) is 26.4. The molecule has 0 bridgehead atoms. The number of rotatable bonds is 80. The quantitative estimate of drug-likeness (QED) is 0.0146. The third kappa shape index (κ3) is 86.8. The van der Waals surface area contributed by atoms with Crippen LogP contribution in [-0.4, -0.2) is 95.9 Å². The maximum atomic E-state index is 13.0. The fraction of sp³-hybridized carbons (Fsp3) is 0.611. The number of allylic oxidation sites excluding steroid dienone is 34. The molecule has 0 rings (SSSR count). The molecule has 113 heavy (non-hydrogen) atoms. The van der Waals surface area contributed by atoms with Crippen molar-refractivity contribution in [2.75, 3.05) is 39.6 Å². The lowest BCUT2D eigenvalue weighted by Gasteiger charge is -2.21. The highest BCUT2D eigenvalue weighted by molar-refractivity contribution is 7.47. The number of phosphoric acid groups is 2. The van der Waals surface area contributed by atoms with E-state index in [1.54, 1.807) is 0 Å². The Balaban J connectivity index is 4.64. The number of carbonyl (C=O) groups excluding carboxylic acids is 3. The molecule has 0 aromatic rings. The van der Waals surface area contributed by atoms with E-state index in [4.69, 9.17) is 32.3 Å². The van der Waals surface area contributed by atoms with Crippen molar-refractivity contribution in [3.63, 3.8) is 0 Å². The highest BCUT2D eigenvalue weighted by Gasteiger charge is 2.29. The maximum Gasteiger partial charge on any atom is 0.472 e. The largest absolute Gasteiger partial charge is 0.472 e. The Morgan fingerprint density at radius 1 is 0.248 bits per heavy atom. The minimum atomic E-state index is -4.97. The summed E-state index contributed by atoms with van der Waals surface area (Å²) in [6.45, 7) is 2.24. The predicted molar refractivity (Wildman–Crippen MR) is 472 cm³/mol. The number of aliphatic hydroxyl groups excluding tert-OH is 2.